The maximum absolute atomic E-state index is 13.2. The van der Waals surface area contributed by atoms with Crippen molar-refractivity contribution < 1.29 is 9.59 Å². The number of para-hydroxylation sites is 1. The Hall–Kier alpha value is -2.81. The molecule has 0 saturated heterocycles. The van der Waals surface area contributed by atoms with E-state index in [1.54, 1.807) is 23.1 Å². The van der Waals surface area contributed by atoms with Gasteiger partial charge in [-0.15, -0.1) is 0 Å². The molecule has 2 amide bonds. The average Bonchev–Trinajstić information content (AvgIpc) is 2.84. The lowest BCUT2D eigenvalue weighted by Gasteiger charge is -2.25. The number of nitrogens with zero attached hydrogens (tertiary/aromatic N) is 2. The van der Waals surface area contributed by atoms with Gasteiger partial charge in [-0.05, 0) is 42.7 Å². The quantitative estimate of drug-likeness (QED) is 0.700. The number of rotatable bonds is 6. The van der Waals surface area contributed by atoms with Crippen LogP contribution >= 0.6 is 23.2 Å². The van der Waals surface area contributed by atoms with Crippen molar-refractivity contribution in [3.63, 3.8) is 0 Å². The lowest BCUT2D eigenvalue weighted by atomic mass is 10.0. The zero-order valence-corrected chi connectivity index (χ0v) is 18.0. The van der Waals surface area contributed by atoms with Crippen LogP contribution in [0.3, 0.4) is 0 Å². The van der Waals surface area contributed by atoms with Crippen molar-refractivity contribution >= 4 is 46.3 Å². The van der Waals surface area contributed by atoms with Crippen LogP contribution in [0.4, 0.5) is 5.69 Å². The SMILES string of the molecule is CCCN1C(=O)C(NC(=O)CCc2ccc(Cl)cc2Cl)C=C(C#N)c2ccccc21. The van der Waals surface area contributed by atoms with Gasteiger partial charge in [0.25, 0.3) is 5.91 Å². The molecule has 5 nitrogen and oxygen atoms in total. The molecule has 0 saturated carbocycles. The van der Waals surface area contributed by atoms with Crippen molar-refractivity contribution in [3.05, 3.63) is 69.7 Å². The van der Waals surface area contributed by atoms with Crippen LogP contribution in [0.5, 0.6) is 0 Å². The van der Waals surface area contributed by atoms with Crippen molar-refractivity contribution in [3.8, 4) is 6.07 Å². The number of halogens is 2. The summed E-state index contributed by atoms with van der Waals surface area (Å²) in [5.74, 6) is -0.553. The lowest BCUT2D eigenvalue weighted by Crippen LogP contribution is -2.47. The summed E-state index contributed by atoms with van der Waals surface area (Å²) >= 11 is 12.1. The summed E-state index contributed by atoms with van der Waals surface area (Å²) in [5.41, 5.74) is 2.54. The zero-order chi connectivity index (χ0) is 21.7. The van der Waals surface area contributed by atoms with Crippen LogP contribution in [-0.2, 0) is 16.0 Å². The number of anilines is 1. The van der Waals surface area contributed by atoms with E-state index in [4.69, 9.17) is 23.2 Å². The lowest BCUT2D eigenvalue weighted by molar-refractivity contribution is -0.126. The number of carbonyl (C=O) groups is 2. The fourth-order valence-electron chi connectivity index (χ4n) is 3.42. The van der Waals surface area contributed by atoms with Crippen LogP contribution in [0, 0.1) is 11.3 Å². The predicted octanol–water partition coefficient (Wildman–Crippen LogP) is 4.77. The Bertz CT molecular complexity index is 1040. The number of fused-ring (bicyclic) bond motifs is 1. The minimum absolute atomic E-state index is 0.154. The summed E-state index contributed by atoms with van der Waals surface area (Å²) in [6.45, 7) is 2.47. The number of benzene rings is 2. The van der Waals surface area contributed by atoms with Crippen LogP contribution in [0.15, 0.2) is 48.5 Å². The van der Waals surface area contributed by atoms with E-state index in [1.165, 1.54) is 6.08 Å². The smallest absolute Gasteiger partial charge is 0.253 e. The van der Waals surface area contributed by atoms with E-state index in [1.807, 2.05) is 31.2 Å². The number of hydrogen-bond acceptors (Lipinski definition) is 3. The van der Waals surface area contributed by atoms with Crippen LogP contribution < -0.4 is 10.2 Å². The third kappa shape index (κ3) is 4.84. The van der Waals surface area contributed by atoms with Crippen LogP contribution in [0.25, 0.3) is 5.57 Å². The first-order valence-corrected chi connectivity index (χ1v) is 10.5. The minimum atomic E-state index is -0.910. The van der Waals surface area contributed by atoms with E-state index in [2.05, 4.69) is 11.4 Å². The van der Waals surface area contributed by atoms with Gasteiger partial charge in [0.2, 0.25) is 5.91 Å². The summed E-state index contributed by atoms with van der Waals surface area (Å²) < 4.78 is 0. The Labute approximate surface area is 185 Å². The first-order chi connectivity index (χ1) is 14.4. The molecule has 0 fully saturated rings. The van der Waals surface area contributed by atoms with Gasteiger partial charge in [-0.3, -0.25) is 9.59 Å². The molecule has 7 heteroatoms. The van der Waals surface area contributed by atoms with Gasteiger partial charge < -0.3 is 10.2 Å². The van der Waals surface area contributed by atoms with Crippen molar-refractivity contribution in [2.45, 2.75) is 32.2 Å². The monoisotopic (exact) mass is 441 g/mol. The third-order valence-corrected chi connectivity index (χ3v) is 5.46. The molecule has 1 unspecified atom stereocenters. The first kappa shape index (κ1) is 21.9. The Balaban J connectivity index is 1.80. The van der Waals surface area contributed by atoms with Crippen molar-refractivity contribution in [2.75, 3.05) is 11.4 Å². The molecular weight excluding hydrogens is 421 g/mol. The number of nitriles is 1. The standard InChI is InChI=1S/C23H21Cl2N3O2/c1-2-11-28-21-6-4-3-5-18(21)16(14-26)12-20(23(28)30)27-22(29)10-8-15-7-9-17(24)13-19(15)25/h3-7,9,12-13,20H,2,8,10-11H2,1H3,(H,27,29). The van der Waals surface area contributed by atoms with E-state index in [9.17, 15) is 14.9 Å². The van der Waals surface area contributed by atoms with Gasteiger partial charge in [0.15, 0.2) is 0 Å². The molecule has 1 atom stereocenters. The van der Waals surface area contributed by atoms with E-state index >= 15 is 0 Å². The second-order valence-corrected chi connectivity index (χ2v) is 7.82. The molecule has 0 aromatic heterocycles. The van der Waals surface area contributed by atoms with E-state index in [0.717, 1.165) is 12.0 Å². The molecule has 1 aliphatic heterocycles. The zero-order valence-electron chi connectivity index (χ0n) is 16.5. The molecule has 0 radical (unpaired) electrons. The summed E-state index contributed by atoms with van der Waals surface area (Å²) in [7, 11) is 0. The Kier molecular flexibility index (Phi) is 7.15. The van der Waals surface area contributed by atoms with Crippen molar-refractivity contribution in [2.24, 2.45) is 0 Å². The van der Waals surface area contributed by atoms with E-state index < -0.39 is 6.04 Å². The Morgan fingerprint density at radius 3 is 2.70 bits per heavy atom. The predicted molar refractivity (Wildman–Crippen MR) is 119 cm³/mol. The number of hydrogen-bond donors (Lipinski definition) is 1. The molecule has 0 bridgehead atoms. The summed E-state index contributed by atoms with van der Waals surface area (Å²) in [5, 5.41) is 13.4. The molecule has 2 aromatic rings. The molecule has 0 aliphatic carbocycles. The van der Waals surface area contributed by atoms with Crippen LogP contribution in [0.1, 0.15) is 30.9 Å². The maximum atomic E-state index is 13.2. The second-order valence-electron chi connectivity index (χ2n) is 6.98. The molecule has 154 valence electrons. The second kappa shape index (κ2) is 9.80. The van der Waals surface area contributed by atoms with Gasteiger partial charge in [-0.1, -0.05) is 54.4 Å². The van der Waals surface area contributed by atoms with Crippen LogP contribution in [0.2, 0.25) is 10.0 Å². The fourth-order valence-corrected chi connectivity index (χ4v) is 3.93. The molecule has 1 N–H and O–H groups in total. The summed E-state index contributed by atoms with van der Waals surface area (Å²) in [6.07, 6.45) is 2.85. The van der Waals surface area contributed by atoms with Crippen molar-refractivity contribution in [1.82, 2.24) is 5.32 Å². The van der Waals surface area contributed by atoms with Gasteiger partial charge in [0, 0.05) is 28.6 Å². The average molecular weight is 442 g/mol. The van der Waals surface area contributed by atoms with Gasteiger partial charge in [-0.2, -0.15) is 5.26 Å². The molecule has 2 aromatic carbocycles. The number of allylic oxidation sites excluding steroid dienone is 1. The van der Waals surface area contributed by atoms with Gasteiger partial charge in [0.05, 0.1) is 17.3 Å². The number of amides is 2. The van der Waals surface area contributed by atoms with E-state index in [-0.39, 0.29) is 18.2 Å². The Morgan fingerprint density at radius 2 is 2.00 bits per heavy atom. The fraction of sp³-hybridized carbons (Fsp3) is 0.261. The highest BCUT2D eigenvalue weighted by molar-refractivity contribution is 6.35. The molecular formula is C23H21Cl2N3O2. The largest absolute Gasteiger partial charge is 0.341 e. The molecule has 3 rings (SSSR count). The minimum Gasteiger partial charge on any atom is -0.341 e. The molecule has 0 spiro atoms. The summed E-state index contributed by atoms with van der Waals surface area (Å²) in [4.78, 5) is 27.4. The Morgan fingerprint density at radius 1 is 1.23 bits per heavy atom. The van der Waals surface area contributed by atoms with E-state index in [0.29, 0.717) is 39.8 Å². The normalized spacial score (nSPS) is 15.7. The summed E-state index contributed by atoms with van der Waals surface area (Å²) in [6, 6.07) is 13.7. The molecule has 1 aliphatic rings. The van der Waals surface area contributed by atoms with Crippen molar-refractivity contribution in [1.29, 1.82) is 5.26 Å². The highest BCUT2D eigenvalue weighted by Crippen LogP contribution is 2.31. The highest BCUT2D eigenvalue weighted by Gasteiger charge is 2.30. The maximum Gasteiger partial charge on any atom is 0.253 e. The highest BCUT2D eigenvalue weighted by atomic mass is 35.5. The number of carbonyl (C=O) groups excluding carboxylic acids is 2. The topological polar surface area (TPSA) is 73.2 Å². The van der Waals surface area contributed by atoms with Gasteiger partial charge >= 0.3 is 0 Å². The van der Waals surface area contributed by atoms with Crippen LogP contribution in [-0.4, -0.2) is 24.4 Å². The number of aryl methyl sites for hydroxylation is 1. The number of nitrogens with one attached hydrogen (secondary N) is 1. The molecule has 1 heterocycles. The van der Waals surface area contributed by atoms with Gasteiger partial charge in [0.1, 0.15) is 6.04 Å². The van der Waals surface area contributed by atoms with Gasteiger partial charge in [-0.25, -0.2) is 0 Å². The third-order valence-electron chi connectivity index (χ3n) is 4.87. The first-order valence-electron chi connectivity index (χ1n) is 9.70. The molecule has 30 heavy (non-hydrogen) atoms.